The first-order valence-corrected chi connectivity index (χ1v) is 8.83. The predicted octanol–water partition coefficient (Wildman–Crippen LogP) is 4.26. The van der Waals surface area contributed by atoms with Crippen LogP contribution in [0.3, 0.4) is 0 Å². The summed E-state index contributed by atoms with van der Waals surface area (Å²) in [7, 11) is 0. The van der Waals surface area contributed by atoms with E-state index in [4.69, 9.17) is 17.3 Å². The molecule has 0 saturated heterocycles. The standard InChI is InChI=1S/C18H15ClN4OS/c19-13-3-5-14(6-4-13)23-17(24)15-2-1-8-22-18(15)25-11-12-7-9-21-16(20)10-12/h1-10H,11H2,(H2,20,21)(H,23,24). The van der Waals surface area contributed by atoms with E-state index in [1.54, 1.807) is 48.8 Å². The molecule has 0 fully saturated rings. The number of rotatable bonds is 5. The van der Waals surface area contributed by atoms with E-state index in [0.717, 1.165) is 5.56 Å². The first-order chi connectivity index (χ1) is 12.1. The number of carbonyl (C=O) groups excluding carboxylic acids is 1. The molecule has 7 heteroatoms. The fourth-order valence-electron chi connectivity index (χ4n) is 2.15. The van der Waals surface area contributed by atoms with Gasteiger partial charge in [0.15, 0.2) is 0 Å². The molecule has 0 saturated carbocycles. The Morgan fingerprint density at radius 1 is 1.12 bits per heavy atom. The molecule has 0 unspecified atom stereocenters. The maximum Gasteiger partial charge on any atom is 0.258 e. The van der Waals surface area contributed by atoms with Crippen LogP contribution in [0.5, 0.6) is 0 Å². The Morgan fingerprint density at radius 3 is 2.68 bits per heavy atom. The van der Waals surface area contributed by atoms with Crippen molar-refractivity contribution >= 4 is 40.8 Å². The minimum absolute atomic E-state index is 0.216. The number of thioether (sulfide) groups is 1. The van der Waals surface area contributed by atoms with Crippen molar-refractivity contribution in [2.24, 2.45) is 0 Å². The van der Waals surface area contributed by atoms with Crippen LogP contribution < -0.4 is 11.1 Å². The zero-order valence-corrected chi connectivity index (χ0v) is 14.7. The molecule has 0 bridgehead atoms. The van der Waals surface area contributed by atoms with Crippen molar-refractivity contribution in [3.05, 3.63) is 77.1 Å². The van der Waals surface area contributed by atoms with E-state index in [1.807, 2.05) is 12.1 Å². The highest BCUT2D eigenvalue weighted by atomic mass is 35.5. The number of nitrogen functional groups attached to an aromatic ring is 1. The van der Waals surface area contributed by atoms with Gasteiger partial charge in [0.25, 0.3) is 5.91 Å². The van der Waals surface area contributed by atoms with Gasteiger partial charge in [0.2, 0.25) is 0 Å². The predicted molar refractivity (Wildman–Crippen MR) is 102 cm³/mol. The summed E-state index contributed by atoms with van der Waals surface area (Å²) < 4.78 is 0. The van der Waals surface area contributed by atoms with Gasteiger partial charge in [-0.15, -0.1) is 11.8 Å². The van der Waals surface area contributed by atoms with Crippen molar-refractivity contribution in [3.8, 4) is 0 Å². The average molecular weight is 371 g/mol. The van der Waals surface area contributed by atoms with Crippen LogP contribution in [0.4, 0.5) is 11.5 Å². The maximum atomic E-state index is 12.6. The molecule has 5 nitrogen and oxygen atoms in total. The number of nitrogens with one attached hydrogen (secondary N) is 1. The minimum Gasteiger partial charge on any atom is -0.384 e. The van der Waals surface area contributed by atoms with Crippen molar-refractivity contribution in [2.75, 3.05) is 11.1 Å². The molecule has 2 heterocycles. The molecule has 0 aliphatic carbocycles. The van der Waals surface area contributed by atoms with Crippen molar-refractivity contribution in [3.63, 3.8) is 0 Å². The van der Waals surface area contributed by atoms with Crippen LogP contribution in [0, 0.1) is 0 Å². The molecular formula is C18H15ClN4OS. The van der Waals surface area contributed by atoms with Crippen LogP contribution >= 0.6 is 23.4 Å². The van der Waals surface area contributed by atoms with Gasteiger partial charge in [-0.1, -0.05) is 11.6 Å². The Labute approximate surface area is 154 Å². The van der Waals surface area contributed by atoms with E-state index in [0.29, 0.717) is 32.9 Å². The van der Waals surface area contributed by atoms with Gasteiger partial charge in [0.1, 0.15) is 10.8 Å². The lowest BCUT2D eigenvalue weighted by Crippen LogP contribution is -2.13. The molecule has 0 aliphatic heterocycles. The van der Waals surface area contributed by atoms with Crippen molar-refractivity contribution in [1.29, 1.82) is 0 Å². The van der Waals surface area contributed by atoms with E-state index in [2.05, 4.69) is 15.3 Å². The minimum atomic E-state index is -0.216. The number of carbonyl (C=O) groups is 1. The Balaban J connectivity index is 1.73. The van der Waals surface area contributed by atoms with Gasteiger partial charge in [-0.2, -0.15) is 0 Å². The molecule has 0 aliphatic rings. The smallest absolute Gasteiger partial charge is 0.258 e. The number of benzene rings is 1. The summed E-state index contributed by atoms with van der Waals surface area (Å²) in [5.41, 5.74) is 7.91. The zero-order valence-electron chi connectivity index (χ0n) is 13.1. The number of hydrogen-bond donors (Lipinski definition) is 2. The first-order valence-electron chi connectivity index (χ1n) is 7.47. The van der Waals surface area contributed by atoms with Gasteiger partial charge in [-0.3, -0.25) is 4.79 Å². The van der Waals surface area contributed by atoms with Crippen LogP contribution in [0.25, 0.3) is 0 Å². The molecule has 126 valence electrons. The summed E-state index contributed by atoms with van der Waals surface area (Å²) in [4.78, 5) is 20.9. The number of pyridine rings is 2. The third-order valence-corrected chi connectivity index (χ3v) is 4.67. The number of nitrogens with zero attached hydrogens (tertiary/aromatic N) is 2. The van der Waals surface area contributed by atoms with Crippen LogP contribution in [-0.2, 0) is 5.75 Å². The van der Waals surface area contributed by atoms with Crippen molar-refractivity contribution < 1.29 is 4.79 Å². The van der Waals surface area contributed by atoms with Gasteiger partial charge >= 0.3 is 0 Å². The number of aromatic nitrogens is 2. The lowest BCUT2D eigenvalue weighted by molar-refractivity contribution is 0.102. The van der Waals surface area contributed by atoms with Gasteiger partial charge in [0.05, 0.1) is 5.56 Å². The number of amides is 1. The maximum absolute atomic E-state index is 12.6. The summed E-state index contributed by atoms with van der Waals surface area (Å²) in [6.07, 6.45) is 3.33. The second-order valence-corrected chi connectivity index (χ2v) is 6.60. The zero-order chi connectivity index (χ0) is 17.6. The molecule has 3 N–H and O–H groups in total. The van der Waals surface area contributed by atoms with E-state index < -0.39 is 0 Å². The summed E-state index contributed by atoms with van der Waals surface area (Å²) in [5, 5.41) is 4.13. The largest absolute Gasteiger partial charge is 0.384 e. The monoisotopic (exact) mass is 370 g/mol. The van der Waals surface area contributed by atoms with Gasteiger partial charge in [-0.25, -0.2) is 9.97 Å². The Morgan fingerprint density at radius 2 is 1.92 bits per heavy atom. The van der Waals surface area contributed by atoms with Gasteiger partial charge < -0.3 is 11.1 Å². The summed E-state index contributed by atoms with van der Waals surface area (Å²) in [6, 6.07) is 14.1. The molecular weight excluding hydrogens is 356 g/mol. The second kappa shape index (κ2) is 8.00. The Hall–Kier alpha value is -2.57. The first kappa shape index (κ1) is 17.3. The highest BCUT2D eigenvalue weighted by molar-refractivity contribution is 7.98. The molecule has 1 amide bonds. The normalized spacial score (nSPS) is 10.4. The highest BCUT2D eigenvalue weighted by Gasteiger charge is 2.13. The fourth-order valence-corrected chi connectivity index (χ4v) is 3.21. The molecule has 0 atom stereocenters. The van der Waals surface area contributed by atoms with Crippen LogP contribution in [0.1, 0.15) is 15.9 Å². The Bertz CT molecular complexity index is 886. The van der Waals surface area contributed by atoms with E-state index >= 15 is 0 Å². The van der Waals surface area contributed by atoms with Gasteiger partial charge in [0, 0.05) is 28.9 Å². The van der Waals surface area contributed by atoms with E-state index in [-0.39, 0.29) is 5.91 Å². The third-order valence-electron chi connectivity index (χ3n) is 3.34. The molecule has 0 radical (unpaired) electrons. The molecule has 2 aromatic heterocycles. The van der Waals surface area contributed by atoms with Crippen LogP contribution in [0.15, 0.2) is 66.0 Å². The number of nitrogens with two attached hydrogens (primary N) is 1. The van der Waals surface area contributed by atoms with Gasteiger partial charge in [-0.05, 0) is 54.1 Å². The quantitative estimate of drug-likeness (QED) is 0.656. The second-order valence-electron chi connectivity index (χ2n) is 5.19. The number of hydrogen-bond acceptors (Lipinski definition) is 5. The van der Waals surface area contributed by atoms with E-state index in [1.165, 1.54) is 11.8 Å². The topological polar surface area (TPSA) is 80.9 Å². The highest BCUT2D eigenvalue weighted by Crippen LogP contribution is 2.25. The van der Waals surface area contributed by atoms with Crippen LogP contribution in [-0.4, -0.2) is 15.9 Å². The number of halogens is 1. The molecule has 0 spiro atoms. The molecule has 3 rings (SSSR count). The van der Waals surface area contributed by atoms with E-state index in [9.17, 15) is 4.79 Å². The molecule has 3 aromatic rings. The lowest BCUT2D eigenvalue weighted by atomic mass is 10.2. The molecule has 25 heavy (non-hydrogen) atoms. The van der Waals surface area contributed by atoms with Crippen molar-refractivity contribution in [1.82, 2.24) is 9.97 Å². The van der Waals surface area contributed by atoms with Crippen LogP contribution in [0.2, 0.25) is 5.02 Å². The molecule has 1 aromatic carbocycles. The fraction of sp³-hybridized carbons (Fsp3) is 0.0556. The lowest BCUT2D eigenvalue weighted by Gasteiger charge is -2.09. The average Bonchev–Trinajstić information content (AvgIpc) is 2.62. The van der Waals surface area contributed by atoms with Crippen molar-refractivity contribution in [2.45, 2.75) is 10.8 Å². The summed E-state index contributed by atoms with van der Waals surface area (Å²) in [6.45, 7) is 0. The summed E-state index contributed by atoms with van der Waals surface area (Å²) in [5.74, 6) is 0.900. The number of anilines is 2. The third kappa shape index (κ3) is 4.71. The summed E-state index contributed by atoms with van der Waals surface area (Å²) >= 11 is 7.34. The SMILES string of the molecule is Nc1cc(CSc2ncccc2C(=O)Nc2ccc(Cl)cc2)ccn1. The Kier molecular flexibility index (Phi) is 5.53.